The predicted octanol–water partition coefficient (Wildman–Crippen LogP) is 2.27. The van der Waals surface area contributed by atoms with Gasteiger partial charge in [0.05, 0.1) is 12.8 Å². The van der Waals surface area contributed by atoms with Crippen molar-refractivity contribution in [3.63, 3.8) is 0 Å². The van der Waals surface area contributed by atoms with E-state index in [1.165, 1.54) is 11.6 Å². The Morgan fingerprint density at radius 3 is 3.00 bits per heavy atom. The summed E-state index contributed by atoms with van der Waals surface area (Å²) in [5.74, 6) is 1.11. The molecule has 1 aliphatic rings. The Kier molecular flexibility index (Phi) is 5.88. The van der Waals surface area contributed by atoms with Crippen molar-refractivity contribution in [2.45, 2.75) is 25.5 Å². The zero-order valence-corrected chi connectivity index (χ0v) is 15.6. The average molecular weight is 359 g/mol. The fraction of sp³-hybridized carbons (Fsp3) is 0.474. The molecule has 1 saturated heterocycles. The van der Waals surface area contributed by atoms with Crippen molar-refractivity contribution < 1.29 is 9.13 Å². The van der Waals surface area contributed by atoms with Gasteiger partial charge in [-0.05, 0) is 29.7 Å². The van der Waals surface area contributed by atoms with Crippen molar-refractivity contribution in [3.8, 4) is 0 Å². The maximum Gasteiger partial charge on any atom is 0.193 e. The normalized spacial score (nSPS) is 17.8. The van der Waals surface area contributed by atoms with E-state index in [2.05, 4.69) is 26.5 Å². The number of hydrogen-bond acceptors (Lipinski definition) is 3. The molecule has 6 nitrogen and oxygen atoms in total. The molecule has 1 atom stereocenters. The number of aromatic nitrogens is 2. The van der Waals surface area contributed by atoms with Crippen molar-refractivity contribution in [1.82, 2.24) is 20.0 Å². The second-order valence-corrected chi connectivity index (χ2v) is 6.64. The van der Waals surface area contributed by atoms with Crippen molar-refractivity contribution in [1.29, 1.82) is 0 Å². The third-order valence-corrected chi connectivity index (χ3v) is 4.76. The van der Waals surface area contributed by atoms with E-state index in [-0.39, 0.29) is 12.4 Å². The SMILES string of the molecule is CN=C(NCc1ccc(F)c(COC)c1)N1CCC(c2cnn(C)c2)C1. The quantitative estimate of drug-likeness (QED) is 0.657. The van der Waals surface area contributed by atoms with Gasteiger partial charge in [0.15, 0.2) is 5.96 Å². The van der Waals surface area contributed by atoms with E-state index in [0.29, 0.717) is 18.0 Å². The Labute approximate surface area is 153 Å². The van der Waals surface area contributed by atoms with Crippen LogP contribution in [0.3, 0.4) is 0 Å². The van der Waals surface area contributed by atoms with Gasteiger partial charge in [0, 0.05) is 58.5 Å². The van der Waals surface area contributed by atoms with Gasteiger partial charge in [-0.15, -0.1) is 0 Å². The first kappa shape index (κ1) is 18.4. The summed E-state index contributed by atoms with van der Waals surface area (Å²) in [5, 5.41) is 7.65. The molecule has 2 heterocycles. The predicted molar refractivity (Wildman–Crippen MR) is 99.5 cm³/mol. The highest BCUT2D eigenvalue weighted by Crippen LogP contribution is 2.26. The van der Waals surface area contributed by atoms with Crippen LogP contribution < -0.4 is 5.32 Å². The number of nitrogens with zero attached hydrogens (tertiary/aromatic N) is 4. The molecular formula is C19H26FN5O. The molecule has 1 aromatic carbocycles. The Morgan fingerprint density at radius 1 is 1.46 bits per heavy atom. The lowest BCUT2D eigenvalue weighted by Crippen LogP contribution is -2.39. The van der Waals surface area contributed by atoms with E-state index in [1.807, 2.05) is 24.0 Å². The fourth-order valence-corrected chi connectivity index (χ4v) is 3.39. The third kappa shape index (κ3) is 4.22. The van der Waals surface area contributed by atoms with Crippen LogP contribution in [0.2, 0.25) is 0 Å². The molecule has 0 spiro atoms. The minimum absolute atomic E-state index is 0.237. The summed E-state index contributed by atoms with van der Waals surface area (Å²) in [6, 6.07) is 5.11. The number of ether oxygens (including phenoxy) is 1. The van der Waals surface area contributed by atoms with Gasteiger partial charge < -0.3 is 15.0 Å². The zero-order chi connectivity index (χ0) is 18.5. The van der Waals surface area contributed by atoms with E-state index in [1.54, 1.807) is 20.2 Å². The molecule has 0 aliphatic carbocycles. The number of rotatable bonds is 5. The number of nitrogens with one attached hydrogen (secondary N) is 1. The topological polar surface area (TPSA) is 54.7 Å². The molecular weight excluding hydrogens is 333 g/mol. The van der Waals surface area contributed by atoms with E-state index in [0.717, 1.165) is 31.0 Å². The number of hydrogen-bond donors (Lipinski definition) is 1. The summed E-state index contributed by atoms with van der Waals surface area (Å²) in [5.41, 5.74) is 2.84. The molecule has 1 N–H and O–H groups in total. The van der Waals surface area contributed by atoms with Gasteiger partial charge in [-0.3, -0.25) is 9.67 Å². The number of aryl methyl sites for hydroxylation is 1. The van der Waals surface area contributed by atoms with Gasteiger partial charge in [0.2, 0.25) is 0 Å². The summed E-state index contributed by atoms with van der Waals surface area (Å²) >= 11 is 0. The van der Waals surface area contributed by atoms with Crippen molar-refractivity contribution in [2.24, 2.45) is 12.0 Å². The van der Waals surface area contributed by atoms with Crippen LogP contribution in [-0.4, -0.2) is 47.9 Å². The number of methoxy groups -OCH3 is 1. The minimum Gasteiger partial charge on any atom is -0.380 e. The first-order valence-electron chi connectivity index (χ1n) is 8.81. The summed E-state index contributed by atoms with van der Waals surface area (Å²) in [4.78, 5) is 6.67. The average Bonchev–Trinajstić information content (AvgIpc) is 3.27. The lowest BCUT2D eigenvalue weighted by atomic mass is 10.0. The lowest BCUT2D eigenvalue weighted by Gasteiger charge is -2.21. The standard InChI is InChI=1S/C19H26FN5O/c1-21-19(22-9-14-4-5-18(20)16(8-14)13-26-3)25-7-6-15(12-25)17-10-23-24(2)11-17/h4-5,8,10-11,15H,6-7,9,12-13H2,1-3H3,(H,21,22). The van der Waals surface area contributed by atoms with Crippen LogP contribution in [0.1, 0.15) is 29.0 Å². The smallest absolute Gasteiger partial charge is 0.193 e. The monoisotopic (exact) mass is 359 g/mol. The molecule has 3 rings (SSSR count). The van der Waals surface area contributed by atoms with Crippen LogP contribution in [0.15, 0.2) is 35.6 Å². The highest BCUT2D eigenvalue weighted by Gasteiger charge is 2.26. The van der Waals surface area contributed by atoms with Gasteiger partial charge in [0.25, 0.3) is 0 Å². The molecule has 26 heavy (non-hydrogen) atoms. The highest BCUT2D eigenvalue weighted by atomic mass is 19.1. The Morgan fingerprint density at radius 2 is 2.31 bits per heavy atom. The lowest BCUT2D eigenvalue weighted by molar-refractivity contribution is 0.181. The van der Waals surface area contributed by atoms with E-state index >= 15 is 0 Å². The van der Waals surface area contributed by atoms with Gasteiger partial charge in [-0.2, -0.15) is 5.10 Å². The first-order chi connectivity index (χ1) is 12.6. The van der Waals surface area contributed by atoms with Crippen molar-refractivity contribution >= 4 is 5.96 Å². The molecule has 0 radical (unpaired) electrons. The first-order valence-corrected chi connectivity index (χ1v) is 8.81. The van der Waals surface area contributed by atoms with Gasteiger partial charge in [-0.25, -0.2) is 4.39 Å². The van der Waals surface area contributed by atoms with Crippen LogP contribution in [0.25, 0.3) is 0 Å². The number of halogens is 1. The molecule has 7 heteroatoms. The van der Waals surface area contributed by atoms with E-state index in [4.69, 9.17) is 4.74 Å². The molecule has 1 unspecified atom stereocenters. The maximum atomic E-state index is 13.7. The highest BCUT2D eigenvalue weighted by molar-refractivity contribution is 5.80. The Hall–Kier alpha value is -2.41. The number of benzene rings is 1. The summed E-state index contributed by atoms with van der Waals surface area (Å²) in [6.45, 7) is 2.74. The van der Waals surface area contributed by atoms with Crippen molar-refractivity contribution in [2.75, 3.05) is 27.2 Å². The van der Waals surface area contributed by atoms with E-state index in [9.17, 15) is 4.39 Å². The molecule has 1 aromatic heterocycles. The molecule has 140 valence electrons. The summed E-state index contributed by atoms with van der Waals surface area (Å²) in [7, 11) is 5.30. The van der Waals surface area contributed by atoms with Crippen LogP contribution >= 0.6 is 0 Å². The second-order valence-electron chi connectivity index (χ2n) is 6.64. The second kappa shape index (κ2) is 8.31. The van der Waals surface area contributed by atoms with Crippen molar-refractivity contribution in [3.05, 3.63) is 53.1 Å². The van der Waals surface area contributed by atoms with Crippen LogP contribution in [0, 0.1) is 5.82 Å². The minimum atomic E-state index is -0.237. The fourth-order valence-electron chi connectivity index (χ4n) is 3.39. The molecule has 0 bridgehead atoms. The Balaban J connectivity index is 1.59. The molecule has 1 fully saturated rings. The summed E-state index contributed by atoms with van der Waals surface area (Å²) < 4.78 is 20.6. The molecule has 1 aliphatic heterocycles. The van der Waals surface area contributed by atoms with Crippen LogP contribution in [0.4, 0.5) is 4.39 Å². The van der Waals surface area contributed by atoms with Gasteiger partial charge >= 0.3 is 0 Å². The maximum absolute atomic E-state index is 13.7. The molecule has 2 aromatic rings. The molecule has 0 amide bonds. The number of guanidine groups is 1. The largest absolute Gasteiger partial charge is 0.380 e. The van der Waals surface area contributed by atoms with E-state index < -0.39 is 0 Å². The van der Waals surface area contributed by atoms with Crippen LogP contribution in [0.5, 0.6) is 0 Å². The summed E-state index contributed by atoms with van der Waals surface area (Å²) in [6.07, 6.45) is 5.11. The Bertz CT molecular complexity index is 773. The number of likely N-dealkylation sites (tertiary alicyclic amines) is 1. The number of aliphatic imine (C=N–C) groups is 1. The zero-order valence-electron chi connectivity index (χ0n) is 15.6. The molecule has 0 saturated carbocycles. The third-order valence-electron chi connectivity index (χ3n) is 4.76. The van der Waals surface area contributed by atoms with Gasteiger partial charge in [-0.1, -0.05) is 6.07 Å². The van der Waals surface area contributed by atoms with Gasteiger partial charge in [0.1, 0.15) is 5.82 Å². The van der Waals surface area contributed by atoms with Crippen LogP contribution in [-0.2, 0) is 24.9 Å².